The lowest BCUT2D eigenvalue weighted by atomic mass is 10.2. The molecule has 24 heavy (non-hydrogen) atoms. The highest BCUT2D eigenvalue weighted by atomic mass is 19.1. The lowest BCUT2D eigenvalue weighted by Gasteiger charge is -2.08. The molecule has 1 aromatic heterocycles. The number of methoxy groups -OCH3 is 1. The van der Waals surface area contributed by atoms with E-state index in [1.165, 1.54) is 24.3 Å². The van der Waals surface area contributed by atoms with Gasteiger partial charge in [0, 0.05) is 11.5 Å². The average Bonchev–Trinajstić information content (AvgIpc) is 2.61. The Hall–Kier alpha value is -3.15. The van der Waals surface area contributed by atoms with Crippen molar-refractivity contribution in [3.05, 3.63) is 60.5 Å². The van der Waals surface area contributed by atoms with E-state index in [1.807, 2.05) is 24.3 Å². The molecule has 6 heteroatoms. The molecule has 0 saturated heterocycles. The lowest BCUT2D eigenvalue weighted by Crippen LogP contribution is -2.20. The van der Waals surface area contributed by atoms with E-state index in [9.17, 15) is 9.18 Å². The van der Waals surface area contributed by atoms with E-state index in [1.54, 1.807) is 13.3 Å². The Morgan fingerprint density at radius 2 is 1.88 bits per heavy atom. The third-order valence-corrected chi connectivity index (χ3v) is 3.36. The molecular weight excluding hydrogens is 311 g/mol. The van der Waals surface area contributed by atoms with Gasteiger partial charge in [0.1, 0.15) is 17.3 Å². The van der Waals surface area contributed by atoms with Crippen LogP contribution in [0.5, 0.6) is 11.5 Å². The quantitative estimate of drug-likeness (QED) is 0.780. The van der Waals surface area contributed by atoms with Crippen molar-refractivity contribution in [2.45, 2.75) is 0 Å². The maximum absolute atomic E-state index is 12.8. The molecule has 0 aliphatic carbocycles. The molecule has 0 aliphatic rings. The van der Waals surface area contributed by atoms with Gasteiger partial charge < -0.3 is 14.8 Å². The number of amides is 1. The number of anilines is 1. The van der Waals surface area contributed by atoms with Crippen LogP contribution in [0, 0.1) is 5.82 Å². The summed E-state index contributed by atoms with van der Waals surface area (Å²) < 4.78 is 23.2. The van der Waals surface area contributed by atoms with Crippen LogP contribution in [-0.2, 0) is 4.79 Å². The molecule has 3 aromatic rings. The Morgan fingerprint density at radius 1 is 1.12 bits per heavy atom. The molecule has 0 saturated carbocycles. The van der Waals surface area contributed by atoms with Crippen molar-refractivity contribution in [2.24, 2.45) is 0 Å². The first-order valence-electron chi connectivity index (χ1n) is 7.26. The molecular formula is C18H15FN2O3. The van der Waals surface area contributed by atoms with Gasteiger partial charge in [0.2, 0.25) is 0 Å². The highest BCUT2D eigenvalue weighted by Crippen LogP contribution is 2.21. The molecule has 0 radical (unpaired) electrons. The molecule has 1 N–H and O–H groups in total. The minimum atomic E-state index is -0.356. The highest BCUT2D eigenvalue weighted by Gasteiger charge is 2.06. The zero-order chi connectivity index (χ0) is 16.9. The number of hydrogen-bond acceptors (Lipinski definition) is 4. The van der Waals surface area contributed by atoms with Crippen molar-refractivity contribution >= 4 is 22.5 Å². The molecule has 0 atom stereocenters. The number of rotatable bonds is 5. The van der Waals surface area contributed by atoms with Gasteiger partial charge in [-0.15, -0.1) is 0 Å². The highest BCUT2D eigenvalue weighted by molar-refractivity contribution is 5.94. The van der Waals surface area contributed by atoms with Gasteiger partial charge in [-0.25, -0.2) is 4.39 Å². The SMILES string of the molecule is COc1ccc2cc(NC(=O)COc3ccc(F)cc3)cnc2c1. The van der Waals surface area contributed by atoms with Gasteiger partial charge in [-0.1, -0.05) is 0 Å². The van der Waals surface area contributed by atoms with Crippen LogP contribution in [-0.4, -0.2) is 24.6 Å². The van der Waals surface area contributed by atoms with Gasteiger partial charge >= 0.3 is 0 Å². The van der Waals surface area contributed by atoms with Crippen LogP contribution in [0.15, 0.2) is 54.7 Å². The van der Waals surface area contributed by atoms with Crippen molar-refractivity contribution in [3.63, 3.8) is 0 Å². The number of carbonyl (C=O) groups is 1. The normalized spacial score (nSPS) is 10.4. The van der Waals surface area contributed by atoms with E-state index in [2.05, 4.69) is 10.3 Å². The number of pyridine rings is 1. The zero-order valence-corrected chi connectivity index (χ0v) is 13.0. The predicted octanol–water partition coefficient (Wildman–Crippen LogP) is 3.40. The van der Waals surface area contributed by atoms with Crippen LogP contribution in [0.25, 0.3) is 10.9 Å². The third kappa shape index (κ3) is 3.78. The fourth-order valence-corrected chi connectivity index (χ4v) is 2.17. The van der Waals surface area contributed by atoms with Crippen LogP contribution in [0.1, 0.15) is 0 Å². The second-order valence-electron chi connectivity index (χ2n) is 5.07. The minimum Gasteiger partial charge on any atom is -0.497 e. The Kier molecular flexibility index (Phi) is 4.56. The Labute approximate surface area is 138 Å². The van der Waals surface area contributed by atoms with E-state index in [4.69, 9.17) is 9.47 Å². The molecule has 122 valence electrons. The third-order valence-electron chi connectivity index (χ3n) is 3.36. The second-order valence-corrected chi connectivity index (χ2v) is 5.07. The van der Waals surface area contributed by atoms with E-state index < -0.39 is 0 Å². The molecule has 0 unspecified atom stereocenters. The fourth-order valence-electron chi connectivity index (χ4n) is 2.17. The number of nitrogens with zero attached hydrogens (tertiary/aromatic N) is 1. The van der Waals surface area contributed by atoms with Gasteiger partial charge in [-0.2, -0.15) is 0 Å². The van der Waals surface area contributed by atoms with Gasteiger partial charge in [0.05, 0.1) is 24.5 Å². The first kappa shape index (κ1) is 15.7. The van der Waals surface area contributed by atoms with Gasteiger partial charge in [-0.3, -0.25) is 9.78 Å². The number of fused-ring (bicyclic) bond motifs is 1. The van der Waals surface area contributed by atoms with Crippen LogP contribution in [0.3, 0.4) is 0 Å². The van der Waals surface area contributed by atoms with Crippen molar-refractivity contribution in [1.82, 2.24) is 4.98 Å². The first-order valence-corrected chi connectivity index (χ1v) is 7.26. The summed E-state index contributed by atoms with van der Waals surface area (Å²) in [5, 5.41) is 3.59. The maximum atomic E-state index is 12.8. The summed E-state index contributed by atoms with van der Waals surface area (Å²) in [7, 11) is 1.59. The summed E-state index contributed by atoms with van der Waals surface area (Å²) in [6, 6.07) is 12.8. The number of nitrogens with one attached hydrogen (secondary N) is 1. The van der Waals surface area contributed by atoms with Gasteiger partial charge in [-0.05, 0) is 42.5 Å². The smallest absolute Gasteiger partial charge is 0.262 e. The van der Waals surface area contributed by atoms with Crippen LogP contribution in [0.2, 0.25) is 0 Å². The Morgan fingerprint density at radius 3 is 2.62 bits per heavy atom. The van der Waals surface area contributed by atoms with Crippen molar-refractivity contribution in [1.29, 1.82) is 0 Å². The molecule has 3 rings (SSSR count). The number of carbonyl (C=O) groups excluding carboxylic acids is 1. The monoisotopic (exact) mass is 326 g/mol. The molecule has 0 aliphatic heterocycles. The standard InChI is InChI=1S/C18H15FN2O3/c1-23-16-5-2-12-8-14(10-20-17(12)9-16)21-18(22)11-24-15-6-3-13(19)4-7-15/h2-10H,11H2,1H3,(H,21,22). The Balaban J connectivity index is 1.63. The van der Waals surface area contributed by atoms with Crippen molar-refractivity contribution < 1.29 is 18.7 Å². The molecule has 2 aromatic carbocycles. The number of ether oxygens (including phenoxy) is 2. The van der Waals surface area contributed by atoms with Crippen LogP contribution < -0.4 is 14.8 Å². The maximum Gasteiger partial charge on any atom is 0.262 e. The van der Waals surface area contributed by atoms with Crippen molar-refractivity contribution in [2.75, 3.05) is 19.0 Å². The van der Waals surface area contributed by atoms with Crippen LogP contribution >= 0.6 is 0 Å². The van der Waals surface area contributed by atoms with E-state index in [0.29, 0.717) is 11.4 Å². The summed E-state index contributed by atoms with van der Waals surface area (Å²) in [4.78, 5) is 16.2. The largest absolute Gasteiger partial charge is 0.497 e. The molecule has 5 nitrogen and oxygen atoms in total. The molecule has 0 spiro atoms. The van der Waals surface area contributed by atoms with E-state index >= 15 is 0 Å². The summed E-state index contributed by atoms with van der Waals surface area (Å²) in [6.45, 7) is -0.174. The van der Waals surface area contributed by atoms with Crippen molar-refractivity contribution in [3.8, 4) is 11.5 Å². The average molecular weight is 326 g/mol. The summed E-state index contributed by atoms with van der Waals surface area (Å²) >= 11 is 0. The fraction of sp³-hybridized carbons (Fsp3) is 0.111. The number of benzene rings is 2. The predicted molar refractivity (Wildman–Crippen MR) is 88.8 cm³/mol. The number of hydrogen-bond donors (Lipinski definition) is 1. The van der Waals surface area contributed by atoms with E-state index in [0.717, 1.165) is 16.7 Å². The topological polar surface area (TPSA) is 60.5 Å². The van der Waals surface area contributed by atoms with Gasteiger partial charge in [0.25, 0.3) is 5.91 Å². The molecule has 0 bridgehead atoms. The summed E-state index contributed by atoms with van der Waals surface area (Å²) in [5.41, 5.74) is 1.34. The van der Waals surface area contributed by atoms with Crippen LogP contribution in [0.4, 0.5) is 10.1 Å². The number of halogens is 1. The summed E-state index contributed by atoms with van der Waals surface area (Å²) in [5.74, 6) is 0.467. The molecule has 1 heterocycles. The molecule has 1 amide bonds. The lowest BCUT2D eigenvalue weighted by molar-refractivity contribution is -0.118. The first-order chi connectivity index (χ1) is 11.6. The second kappa shape index (κ2) is 6.95. The summed E-state index contributed by atoms with van der Waals surface area (Å²) in [6.07, 6.45) is 1.57. The molecule has 0 fully saturated rings. The van der Waals surface area contributed by atoms with E-state index in [-0.39, 0.29) is 18.3 Å². The minimum absolute atomic E-state index is 0.174. The Bertz CT molecular complexity index is 866. The number of aromatic nitrogens is 1. The van der Waals surface area contributed by atoms with Gasteiger partial charge in [0.15, 0.2) is 6.61 Å². The zero-order valence-electron chi connectivity index (χ0n) is 13.0.